The molecule has 0 aliphatic rings. The first-order valence-electron chi connectivity index (χ1n) is 6.41. The number of hydrogen-bond donors (Lipinski definition) is 1. The molecule has 1 heterocycles. The second-order valence-corrected chi connectivity index (χ2v) is 4.67. The first-order chi connectivity index (χ1) is 9.58. The van der Waals surface area contributed by atoms with E-state index in [9.17, 15) is 4.79 Å². The summed E-state index contributed by atoms with van der Waals surface area (Å²) in [4.78, 5) is 15.8. The summed E-state index contributed by atoms with van der Waals surface area (Å²) in [6, 6.07) is 11.3. The fourth-order valence-electron chi connectivity index (χ4n) is 1.87. The predicted octanol–water partition coefficient (Wildman–Crippen LogP) is 2.85. The molecule has 0 fully saturated rings. The van der Waals surface area contributed by atoms with Crippen molar-refractivity contribution in [3.63, 3.8) is 0 Å². The Hall–Kier alpha value is -2.49. The Morgan fingerprint density at radius 3 is 2.70 bits per heavy atom. The quantitative estimate of drug-likeness (QED) is 0.686. The van der Waals surface area contributed by atoms with Crippen molar-refractivity contribution in [2.75, 3.05) is 0 Å². The highest BCUT2D eigenvalue weighted by molar-refractivity contribution is 6.01. The lowest BCUT2D eigenvalue weighted by Gasteiger charge is -2.07. The Balaban J connectivity index is 2.15. The van der Waals surface area contributed by atoms with Crippen LogP contribution in [0.15, 0.2) is 47.7 Å². The van der Waals surface area contributed by atoms with Gasteiger partial charge in [0.15, 0.2) is 0 Å². The monoisotopic (exact) mass is 267 g/mol. The highest BCUT2D eigenvalue weighted by Crippen LogP contribution is 2.11. The molecular formula is C16H17N3O. The number of pyridine rings is 1. The van der Waals surface area contributed by atoms with Crippen molar-refractivity contribution in [2.24, 2.45) is 5.10 Å². The van der Waals surface area contributed by atoms with Gasteiger partial charge in [-0.2, -0.15) is 5.10 Å². The number of carbonyl (C=O) groups is 1. The van der Waals surface area contributed by atoms with E-state index < -0.39 is 0 Å². The maximum Gasteiger partial charge on any atom is 0.289 e. The first-order valence-corrected chi connectivity index (χ1v) is 6.41. The molecule has 20 heavy (non-hydrogen) atoms. The lowest BCUT2D eigenvalue weighted by Crippen LogP contribution is -2.20. The van der Waals surface area contributed by atoms with Gasteiger partial charge in [-0.05, 0) is 44.5 Å². The Morgan fingerprint density at radius 2 is 2.00 bits per heavy atom. The summed E-state index contributed by atoms with van der Waals surface area (Å²) in [6.45, 7) is 5.93. The lowest BCUT2D eigenvalue weighted by atomic mass is 10.0. The number of hydrogen-bond acceptors (Lipinski definition) is 3. The number of nitrogens with zero attached hydrogens (tertiary/aromatic N) is 2. The summed E-state index contributed by atoms with van der Waals surface area (Å²) in [5.74, 6) is -0.310. The number of aryl methyl sites for hydroxylation is 2. The van der Waals surface area contributed by atoms with Gasteiger partial charge in [0, 0.05) is 11.8 Å². The number of hydrazone groups is 1. The van der Waals surface area contributed by atoms with Crippen LogP contribution >= 0.6 is 0 Å². The van der Waals surface area contributed by atoms with E-state index in [0.717, 1.165) is 22.4 Å². The van der Waals surface area contributed by atoms with E-state index in [0.29, 0.717) is 5.69 Å². The Labute approximate surface area is 118 Å². The summed E-state index contributed by atoms with van der Waals surface area (Å²) in [6.07, 6.45) is 1.58. The highest BCUT2D eigenvalue weighted by atomic mass is 16.2. The van der Waals surface area contributed by atoms with Gasteiger partial charge in [-0.3, -0.25) is 9.78 Å². The van der Waals surface area contributed by atoms with Crippen molar-refractivity contribution in [1.29, 1.82) is 0 Å². The summed E-state index contributed by atoms with van der Waals surface area (Å²) >= 11 is 0. The van der Waals surface area contributed by atoms with Crippen molar-refractivity contribution in [2.45, 2.75) is 20.8 Å². The molecule has 1 aromatic heterocycles. The normalized spacial score (nSPS) is 11.2. The van der Waals surface area contributed by atoms with Gasteiger partial charge in [-0.15, -0.1) is 0 Å². The molecule has 1 amide bonds. The molecule has 0 spiro atoms. The summed E-state index contributed by atoms with van der Waals surface area (Å²) < 4.78 is 0. The first kappa shape index (κ1) is 13.9. The molecule has 1 aromatic carbocycles. The average molecular weight is 267 g/mol. The van der Waals surface area contributed by atoms with Crippen molar-refractivity contribution >= 4 is 11.6 Å². The van der Waals surface area contributed by atoms with E-state index >= 15 is 0 Å². The van der Waals surface area contributed by atoms with Gasteiger partial charge in [0.2, 0.25) is 0 Å². The third-order valence-electron chi connectivity index (χ3n) is 3.01. The van der Waals surface area contributed by atoms with Crippen LogP contribution in [0.5, 0.6) is 0 Å². The summed E-state index contributed by atoms with van der Waals surface area (Å²) in [5, 5.41) is 4.15. The average Bonchev–Trinajstić information content (AvgIpc) is 2.47. The highest BCUT2D eigenvalue weighted by Gasteiger charge is 2.06. The van der Waals surface area contributed by atoms with Crippen LogP contribution in [-0.4, -0.2) is 16.6 Å². The largest absolute Gasteiger partial charge is 0.289 e. The minimum absolute atomic E-state index is 0.310. The Kier molecular flexibility index (Phi) is 4.25. The number of carbonyl (C=O) groups excluding carboxylic acids is 1. The van der Waals surface area contributed by atoms with E-state index in [1.54, 1.807) is 24.4 Å². The standard InChI is InChI=1S/C16H17N3O/c1-11-7-8-12(2)14(10-11)13(3)18-19-16(20)15-6-4-5-9-17-15/h4-10H,1-3H3,(H,19,20)/b18-13-. The second-order valence-electron chi connectivity index (χ2n) is 4.67. The van der Waals surface area contributed by atoms with Gasteiger partial charge in [0.1, 0.15) is 5.69 Å². The zero-order chi connectivity index (χ0) is 14.5. The Morgan fingerprint density at radius 1 is 1.20 bits per heavy atom. The van der Waals surface area contributed by atoms with Crippen LogP contribution in [-0.2, 0) is 0 Å². The third-order valence-corrected chi connectivity index (χ3v) is 3.01. The molecule has 102 valence electrons. The molecule has 0 aliphatic heterocycles. The van der Waals surface area contributed by atoms with Crippen LogP contribution in [0.2, 0.25) is 0 Å². The van der Waals surface area contributed by atoms with Crippen molar-refractivity contribution < 1.29 is 4.79 Å². The fourth-order valence-corrected chi connectivity index (χ4v) is 1.87. The van der Waals surface area contributed by atoms with E-state index in [4.69, 9.17) is 0 Å². The molecule has 0 radical (unpaired) electrons. The van der Waals surface area contributed by atoms with E-state index in [2.05, 4.69) is 27.6 Å². The molecule has 4 heteroatoms. The van der Waals surface area contributed by atoms with Crippen LogP contribution in [0.3, 0.4) is 0 Å². The number of benzene rings is 1. The topological polar surface area (TPSA) is 54.4 Å². The molecular weight excluding hydrogens is 250 g/mol. The van der Waals surface area contributed by atoms with Crippen LogP contribution in [0.25, 0.3) is 0 Å². The van der Waals surface area contributed by atoms with E-state index in [-0.39, 0.29) is 5.91 Å². The maximum atomic E-state index is 11.9. The zero-order valence-corrected chi connectivity index (χ0v) is 11.8. The number of rotatable bonds is 3. The molecule has 4 nitrogen and oxygen atoms in total. The number of amides is 1. The van der Waals surface area contributed by atoms with Gasteiger partial charge in [-0.1, -0.05) is 23.8 Å². The summed E-state index contributed by atoms with van der Waals surface area (Å²) in [5.41, 5.74) is 6.98. The van der Waals surface area contributed by atoms with Crippen molar-refractivity contribution in [3.8, 4) is 0 Å². The third kappa shape index (κ3) is 3.29. The predicted molar refractivity (Wildman–Crippen MR) is 79.8 cm³/mol. The molecule has 0 atom stereocenters. The molecule has 0 aliphatic carbocycles. The van der Waals surface area contributed by atoms with Gasteiger partial charge < -0.3 is 0 Å². The van der Waals surface area contributed by atoms with Gasteiger partial charge >= 0.3 is 0 Å². The molecule has 2 aromatic rings. The van der Waals surface area contributed by atoms with Crippen molar-refractivity contribution in [1.82, 2.24) is 10.4 Å². The minimum atomic E-state index is -0.310. The molecule has 0 saturated carbocycles. The van der Waals surface area contributed by atoms with E-state index in [1.807, 2.05) is 26.8 Å². The van der Waals surface area contributed by atoms with E-state index in [1.165, 1.54) is 0 Å². The molecule has 0 saturated heterocycles. The van der Waals surface area contributed by atoms with Gasteiger partial charge in [-0.25, -0.2) is 5.43 Å². The molecule has 0 unspecified atom stereocenters. The van der Waals surface area contributed by atoms with Crippen LogP contribution in [0, 0.1) is 13.8 Å². The molecule has 0 bridgehead atoms. The number of nitrogens with one attached hydrogen (secondary N) is 1. The Bertz CT molecular complexity index is 648. The minimum Gasteiger partial charge on any atom is -0.266 e. The van der Waals surface area contributed by atoms with Crippen LogP contribution < -0.4 is 5.43 Å². The lowest BCUT2D eigenvalue weighted by molar-refractivity contribution is 0.0950. The van der Waals surface area contributed by atoms with Crippen LogP contribution in [0.1, 0.15) is 34.1 Å². The molecule has 1 N–H and O–H groups in total. The van der Waals surface area contributed by atoms with Gasteiger partial charge in [0.05, 0.1) is 5.71 Å². The summed E-state index contributed by atoms with van der Waals surface area (Å²) in [7, 11) is 0. The number of aromatic nitrogens is 1. The smallest absolute Gasteiger partial charge is 0.266 e. The zero-order valence-electron chi connectivity index (χ0n) is 11.8. The van der Waals surface area contributed by atoms with Gasteiger partial charge in [0.25, 0.3) is 5.91 Å². The SMILES string of the molecule is C/C(=N/NC(=O)c1ccccn1)c1cc(C)ccc1C. The van der Waals surface area contributed by atoms with Crippen LogP contribution in [0.4, 0.5) is 0 Å². The molecule has 2 rings (SSSR count). The maximum absolute atomic E-state index is 11.9. The second kappa shape index (κ2) is 6.10. The van der Waals surface area contributed by atoms with Crippen molar-refractivity contribution in [3.05, 3.63) is 65.0 Å². The fraction of sp³-hybridized carbons (Fsp3) is 0.188.